The van der Waals surface area contributed by atoms with E-state index in [1.807, 2.05) is 0 Å². The van der Waals surface area contributed by atoms with E-state index >= 15 is 0 Å². The van der Waals surface area contributed by atoms with Crippen molar-refractivity contribution < 1.29 is 45.0 Å². The first-order chi connectivity index (χ1) is 25.7. The zero-order valence-corrected chi connectivity index (χ0v) is 30.6. The van der Waals surface area contributed by atoms with Crippen molar-refractivity contribution in [2.24, 2.45) is 13.0 Å². The number of fused-ring (bicyclic) bond motifs is 4. The molecule has 288 valence electrons. The first kappa shape index (κ1) is 37.8. The van der Waals surface area contributed by atoms with Gasteiger partial charge in [-0.25, -0.2) is 22.2 Å². The van der Waals surface area contributed by atoms with Crippen molar-refractivity contribution in [2.45, 2.75) is 57.0 Å². The maximum atomic E-state index is 14.5. The summed E-state index contributed by atoms with van der Waals surface area (Å²) in [4.78, 5) is 18.7. The molecule has 2 aliphatic rings. The highest BCUT2D eigenvalue weighted by Gasteiger charge is 2.51. The molecule has 7 rings (SSSR count). The van der Waals surface area contributed by atoms with Gasteiger partial charge in [-0.2, -0.15) is 23.4 Å². The van der Waals surface area contributed by atoms with E-state index in [2.05, 4.69) is 32.1 Å². The molecule has 18 heteroatoms. The fourth-order valence-electron chi connectivity index (χ4n) is 6.84. The van der Waals surface area contributed by atoms with Gasteiger partial charge in [0, 0.05) is 41.5 Å². The van der Waals surface area contributed by atoms with Gasteiger partial charge in [0.15, 0.2) is 11.6 Å². The van der Waals surface area contributed by atoms with Crippen LogP contribution in [0.25, 0.3) is 22.0 Å². The third-order valence-corrected chi connectivity index (χ3v) is 9.67. The molecule has 5 aromatic rings. The highest BCUT2D eigenvalue weighted by Crippen LogP contribution is 2.56. The molecule has 1 unspecified atom stereocenters. The van der Waals surface area contributed by atoms with Crippen LogP contribution in [0.2, 0.25) is 0 Å². The molecular weight excluding hydrogens is 750 g/mol. The number of nitrogens with one attached hydrogen (secondary N) is 2. The fraction of sp³-hybridized carbons (Fsp3) is 0.351. The Morgan fingerprint density at radius 1 is 1.09 bits per heavy atom. The average molecular weight is 784 g/mol. The van der Waals surface area contributed by atoms with Gasteiger partial charge in [0.05, 0.1) is 35.8 Å². The minimum atomic E-state index is -4.84. The van der Waals surface area contributed by atoms with Crippen LogP contribution >= 0.6 is 0 Å². The Hall–Kier alpha value is -5.54. The predicted octanol–water partition coefficient (Wildman–Crippen LogP) is 5.22. The minimum absolute atomic E-state index is 0.00471. The lowest BCUT2D eigenvalue weighted by molar-refractivity contribution is -0.143. The number of aromatic nitrogens is 5. The third-order valence-electron chi connectivity index (χ3n) is 9.11. The van der Waals surface area contributed by atoms with Gasteiger partial charge >= 0.3 is 6.18 Å². The lowest BCUT2D eigenvalue weighted by atomic mass is 9.93. The van der Waals surface area contributed by atoms with Gasteiger partial charge in [0.2, 0.25) is 21.6 Å². The molecule has 1 saturated carbocycles. The lowest BCUT2D eigenvalue weighted by Crippen LogP contribution is -2.34. The van der Waals surface area contributed by atoms with E-state index in [9.17, 15) is 40.3 Å². The molecule has 1 amide bonds. The molecule has 0 spiro atoms. The summed E-state index contributed by atoms with van der Waals surface area (Å²) in [6, 6.07) is 9.86. The number of hydrogen-bond donors (Lipinski definition) is 3. The van der Waals surface area contributed by atoms with Crippen LogP contribution in [-0.4, -0.2) is 62.4 Å². The Bertz CT molecular complexity index is 2510. The number of anilines is 1. The number of ether oxygens (including phenoxy) is 1. The van der Waals surface area contributed by atoms with Crippen molar-refractivity contribution in [3.63, 3.8) is 0 Å². The van der Waals surface area contributed by atoms with E-state index < -0.39 is 63.4 Å². The molecule has 1 aliphatic carbocycles. The summed E-state index contributed by atoms with van der Waals surface area (Å²) in [5, 5.41) is 21.7. The zero-order valence-electron chi connectivity index (χ0n) is 29.8. The molecule has 0 bridgehead atoms. The fourth-order valence-corrected chi connectivity index (χ4v) is 7.34. The second kappa shape index (κ2) is 13.6. The number of alkyl halides is 3. The number of carbonyl (C=O) groups is 1. The molecule has 2 aromatic carbocycles. The smallest absolute Gasteiger partial charge is 0.438 e. The van der Waals surface area contributed by atoms with E-state index in [1.54, 1.807) is 37.4 Å². The summed E-state index contributed by atoms with van der Waals surface area (Å²) in [6.07, 6.45) is -3.53. The molecule has 3 N–H and O–H groups in total. The van der Waals surface area contributed by atoms with Crippen molar-refractivity contribution in [3.8, 4) is 28.7 Å². The van der Waals surface area contributed by atoms with Crippen LogP contribution in [0, 0.1) is 29.4 Å². The van der Waals surface area contributed by atoms with Crippen molar-refractivity contribution >= 4 is 32.7 Å². The van der Waals surface area contributed by atoms with Crippen LogP contribution in [0.15, 0.2) is 48.5 Å². The number of aryl methyl sites for hydroxylation is 1. The number of sulfonamides is 1. The molecule has 1 fully saturated rings. The number of amides is 1. The van der Waals surface area contributed by atoms with Gasteiger partial charge in [-0.15, -0.1) is 0 Å². The van der Waals surface area contributed by atoms with Crippen molar-refractivity contribution in [1.29, 1.82) is 0 Å². The Labute approximate surface area is 311 Å². The summed E-state index contributed by atoms with van der Waals surface area (Å²) >= 11 is 0. The number of carbonyl (C=O) groups excluding carboxylic acids is 1. The third kappa shape index (κ3) is 8.13. The molecule has 12 nitrogen and oxygen atoms in total. The first-order valence-electron chi connectivity index (χ1n) is 17.0. The second-order valence-electron chi connectivity index (χ2n) is 14.2. The topological polar surface area (TPSA) is 153 Å². The average Bonchev–Trinajstić information content (AvgIpc) is 3.67. The molecule has 55 heavy (non-hydrogen) atoms. The van der Waals surface area contributed by atoms with Crippen LogP contribution in [0.1, 0.15) is 60.6 Å². The van der Waals surface area contributed by atoms with Crippen molar-refractivity contribution in [3.05, 3.63) is 88.5 Å². The number of halogens is 5. The van der Waals surface area contributed by atoms with Gasteiger partial charge in [-0.3, -0.25) is 18.9 Å². The number of aliphatic hydroxyl groups is 1. The maximum Gasteiger partial charge on any atom is 0.438 e. The number of para-hydroxylation sites is 1. The Morgan fingerprint density at radius 3 is 2.49 bits per heavy atom. The molecular formula is C37H34F5N7O5S. The quantitative estimate of drug-likeness (QED) is 0.136. The van der Waals surface area contributed by atoms with Gasteiger partial charge in [-0.05, 0) is 68.5 Å². The maximum absolute atomic E-state index is 14.5. The number of benzene rings is 2. The molecule has 4 heterocycles. The van der Waals surface area contributed by atoms with Gasteiger partial charge in [0.1, 0.15) is 29.5 Å². The van der Waals surface area contributed by atoms with E-state index in [4.69, 9.17) is 9.72 Å². The van der Waals surface area contributed by atoms with Gasteiger partial charge < -0.3 is 15.2 Å². The van der Waals surface area contributed by atoms with E-state index in [1.165, 1.54) is 18.5 Å². The zero-order chi connectivity index (χ0) is 39.6. The van der Waals surface area contributed by atoms with E-state index in [-0.39, 0.29) is 53.3 Å². The summed E-state index contributed by atoms with van der Waals surface area (Å²) in [6.45, 7) is 2.40. The van der Waals surface area contributed by atoms with Crippen LogP contribution in [-0.2, 0) is 41.0 Å². The first-order valence-corrected chi connectivity index (χ1v) is 18.9. The summed E-state index contributed by atoms with van der Waals surface area (Å²) < 4.78 is 106. The standard InChI is InChI=1S/C37H34F5N7O5S/c1-36(2,51)11-10-23-8-9-24(25-6-5-7-26-31(25)48(3)46-35(26)47-55(4,52)53)30(43-23)28(14-19-12-21(38)16-22(39)13-19)44-29(50)17-49-32-27-15-20(27)18-54-33(32)34(45-49)37(40,41)42/h5-9,12-13,16,20,27-28,51H,14-15,17-18H2,1-4H3,(H,44,50)(H,46,47)/t20-,27?,28-/m0/s1. The molecule has 1 aliphatic heterocycles. The predicted molar refractivity (Wildman–Crippen MR) is 190 cm³/mol. The number of rotatable bonds is 9. The van der Waals surface area contributed by atoms with Crippen LogP contribution in [0.5, 0.6) is 5.75 Å². The molecule has 0 saturated heterocycles. The number of hydrogen-bond acceptors (Lipinski definition) is 8. The SMILES string of the molecule is Cn1nc(NS(C)(=O)=O)c2cccc(-c3ccc(C#CC(C)(C)O)nc3[C@H](Cc3cc(F)cc(F)c3)NC(=O)Cn3nc(C(F)(F)F)c4c3C3C[C@H]3CO4)c21. The van der Waals surface area contributed by atoms with Crippen LogP contribution in [0.4, 0.5) is 27.8 Å². The van der Waals surface area contributed by atoms with Crippen LogP contribution in [0.3, 0.4) is 0 Å². The minimum Gasteiger partial charge on any atom is -0.489 e. The molecule has 3 aromatic heterocycles. The van der Waals surface area contributed by atoms with E-state index in [0.717, 1.165) is 23.1 Å². The summed E-state index contributed by atoms with van der Waals surface area (Å²) in [7, 11) is -2.14. The van der Waals surface area contributed by atoms with Crippen molar-refractivity contribution in [2.75, 3.05) is 17.6 Å². The molecule has 0 radical (unpaired) electrons. The largest absolute Gasteiger partial charge is 0.489 e. The normalized spacial score (nSPS) is 17.1. The summed E-state index contributed by atoms with van der Waals surface area (Å²) in [5.74, 6) is 2.32. The van der Waals surface area contributed by atoms with Crippen molar-refractivity contribution in [1.82, 2.24) is 29.9 Å². The van der Waals surface area contributed by atoms with Gasteiger partial charge in [0.25, 0.3) is 0 Å². The monoisotopic (exact) mass is 783 g/mol. The Balaban J connectivity index is 1.37. The molecule has 3 atom stereocenters. The van der Waals surface area contributed by atoms with Crippen LogP contribution < -0.4 is 14.8 Å². The highest BCUT2D eigenvalue weighted by atomic mass is 32.2. The summed E-state index contributed by atoms with van der Waals surface area (Å²) in [5.41, 5.74) is -0.778. The number of nitrogens with zero attached hydrogens (tertiary/aromatic N) is 5. The Morgan fingerprint density at radius 2 is 1.82 bits per heavy atom. The van der Waals surface area contributed by atoms with Gasteiger partial charge in [-0.1, -0.05) is 18.1 Å². The lowest BCUT2D eigenvalue weighted by Gasteiger charge is -2.23. The van der Waals surface area contributed by atoms with E-state index in [0.29, 0.717) is 34.5 Å². The second-order valence-corrected chi connectivity index (χ2v) is 16.0. The highest BCUT2D eigenvalue weighted by molar-refractivity contribution is 7.92. The number of pyridine rings is 1. The Kier molecular flexibility index (Phi) is 9.36.